The first-order chi connectivity index (χ1) is 8.90. The molecule has 0 saturated carbocycles. The van der Waals surface area contributed by atoms with Crippen LogP contribution in [-0.2, 0) is 9.59 Å². The summed E-state index contributed by atoms with van der Waals surface area (Å²) in [6.45, 7) is -0.925. The van der Waals surface area contributed by atoms with Gasteiger partial charge in [0.05, 0.1) is 6.54 Å². The van der Waals surface area contributed by atoms with E-state index < -0.39 is 36.9 Å². The Balaban J connectivity index is 2.40. The van der Waals surface area contributed by atoms with Crippen molar-refractivity contribution in [1.82, 2.24) is 5.32 Å². The smallest absolute Gasteiger partial charge is 0.334 e. The van der Waals surface area contributed by atoms with Gasteiger partial charge in [-0.05, 0) is 18.2 Å². The molecule has 0 spiro atoms. The third-order valence-corrected chi connectivity index (χ3v) is 2.52. The first-order valence-corrected chi connectivity index (χ1v) is 5.95. The van der Waals surface area contributed by atoms with Crippen LogP contribution in [0, 0.1) is 5.82 Å². The molecule has 0 heterocycles. The Morgan fingerprint density at radius 1 is 1.47 bits per heavy atom. The lowest BCUT2D eigenvalue weighted by molar-refractivity contribution is -0.146. The van der Waals surface area contributed by atoms with Crippen LogP contribution < -0.4 is 10.1 Å². The molecule has 104 valence electrons. The summed E-state index contributed by atoms with van der Waals surface area (Å²) in [7, 11) is 0. The molecule has 0 aromatic heterocycles. The average molecular weight is 336 g/mol. The highest BCUT2D eigenvalue weighted by molar-refractivity contribution is 9.10. The van der Waals surface area contributed by atoms with Crippen LogP contribution in [0.1, 0.15) is 0 Å². The summed E-state index contributed by atoms with van der Waals surface area (Å²) in [5.41, 5.74) is 0. The second kappa shape index (κ2) is 7.05. The van der Waals surface area contributed by atoms with Crippen molar-refractivity contribution < 1.29 is 28.9 Å². The number of aliphatic hydroxyl groups is 1. The highest BCUT2D eigenvalue weighted by atomic mass is 79.9. The molecule has 1 rings (SSSR count). The maximum atomic E-state index is 13.3. The number of hydrogen-bond donors (Lipinski definition) is 3. The van der Waals surface area contributed by atoms with Crippen LogP contribution in [0.3, 0.4) is 0 Å². The van der Waals surface area contributed by atoms with Crippen molar-refractivity contribution in [1.29, 1.82) is 0 Å². The molecular formula is C11H11BrFNO5. The number of amides is 1. The fourth-order valence-electron chi connectivity index (χ4n) is 1.08. The Kier molecular flexibility index (Phi) is 5.71. The lowest BCUT2D eigenvalue weighted by Gasteiger charge is -2.09. The summed E-state index contributed by atoms with van der Waals surface area (Å²) in [4.78, 5) is 21.5. The van der Waals surface area contributed by atoms with Crippen LogP contribution in [-0.4, -0.2) is 41.3 Å². The van der Waals surface area contributed by atoms with Crippen molar-refractivity contribution in [3.05, 3.63) is 28.5 Å². The van der Waals surface area contributed by atoms with Crippen LogP contribution in [0.25, 0.3) is 0 Å². The molecule has 8 heteroatoms. The van der Waals surface area contributed by atoms with Crippen LogP contribution >= 0.6 is 15.9 Å². The molecule has 1 aromatic rings. The Hall–Kier alpha value is -1.67. The van der Waals surface area contributed by atoms with Crippen LogP contribution in [0.2, 0.25) is 0 Å². The monoisotopic (exact) mass is 335 g/mol. The van der Waals surface area contributed by atoms with Gasteiger partial charge in [0.1, 0.15) is 0 Å². The van der Waals surface area contributed by atoms with Gasteiger partial charge >= 0.3 is 5.97 Å². The summed E-state index contributed by atoms with van der Waals surface area (Å²) < 4.78 is 18.8. The predicted octanol–water partition coefficient (Wildman–Crippen LogP) is 0.529. The van der Waals surface area contributed by atoms with Gasteiger partial charge in [0.2, 0.25) is 0 Å². The number of aliphatic hydroxyl groups excluding tert-OH is 1. The summed E-state index contributed by atoms with van der Waals surface area (Å²) in [5, 5.41) is 19.4. The molecule has 3 N–H and O–H groups in total. The Morgan fingerprint density at radius 2 is 2.16 bits per heavy atom. The zero-order chi connectivity index (χ0) is 14.4. The topological polar surface area (TPSA) is 95.9 Å². The van der Waals surface area contributed by atoms with Gasteiger partial charge in [-0.3, -0.25) is 4.79 Å². The van der Waals surface area contributed by atoms with Gasteiger partial charge < -0.3 is 20.3 Å². The largest absolute Gasteiger partial charge is 0.481 e. The first kappa shape index (κ1) is 15.4. The lowest BCUT2D eigenvalue weighted by atomic mass is 10.3. The van der Waals surface area contributed by atoms with Crippen LogP contribution in [0.15, 0.2) is 22.7 Å². The van der Waals surface area contributed by atoms with E-state index in [1.165, 1.54) is 12.1 Å². The van der Waals surface area contributed by atoms with Crippen LogP contribution in [0.4, 0.5) is 4.39 Å². The first-order valence-electron chi connectivity index (χ1n) is 5.15. The highest BCUT2D eigenvalue weighted by Gasteiger charge is 2.14. The molecule has 1 aromatic carbocycles. The summed E-state index contributed by atoms with van der Waals surface area (Å²) in [5.74, 6) is -2.84. The molecule has 0 fully saturated rings. The van der Waals surface area contributed by atoms with Crippen molar-refractivity contribution in [3.8, 4) is 5.75 Å². The van der Waals surface area contributed by atoms with Crippen LogP contribution in [0.5, 0.6) is 5.75 Å². The van der Waals surface area contributed by atoms with Gasteiger partial charge in [-0.25, -0.2) is 9.18 Å². The Labute approximate surface area is 116 Å². The molecule has 0 radical (unpaired) electrons. The number of carboxylic acid groups (broad SMARTS) is 1. The quantitative estimate of drug-likeness (QED) is 0.704. The molecule has 0 aliphatic heterocycles. The van der Waals surface area contributed by atoms with Gasteiger partial charge in [0, 0.05) is 4.47 Å². The number of nitrogens with one attached hydrogen (secondary N) is 1. The van der Waals surface area contributed by atoms with E-state index in [-0.39, 0.29) is 5.75 Å². The van der Waals surface area contributed by atoms with Gasteiger partial charge in [-0.15, -0.1) is 0 Å². The van der Waals surface area contributed by atoms with E-state index in [1.807, 2.05) is 0 Å². The number of carboxylic acids is 1. The Morgan fingerprint density at radius 3 is 2.74 bits per heavy atom. The normalized spacial score (nSPS) is 11.7. The number of aliphatic carboxylic acids is 1. The highest BCUT2D eigenvalue weighted by Crippen LogP contribution is 2.21. The molecule has 6 nitrogen and oxygen atoms in total. The maximum absolute atomic E-state index is 13.3. The number of hydrogen-bond acceptors (Lipinski definition) is 4. The minimum absolute atomic E-state index is 0.0999. The summed E-state index contributed by atoms with van der Waals surface area (Å²) in [6.07, 6.45) is -1.69. The van der Waals surface area contributed by atoms with Gasteiger partial charge in [-0.1, -0.05) is 15.9 Å². The standard InChI is InChI=1S/C11H11BrFNO5/c12-6-1-2-9(7(13)3-6)19-5-10(16)14-4-8(15)11(17)18/h1-3,8,15H,4-5H2,(H,14,16)(H,17,18). The lowest BCUT2D eigenvalue weighted by Crippen LogP contribution is -2.38. The third-order valence-electron chi connectivity index (χ3n) is 2.03. The number of benzene rings is 1. The van der Waals surface area contributed by atoms with E-state index in [2.05, 4.69) is 21.2 Å². The molecule has 1 amide bonds. The number of carbonyl (C=O) groups excluding carboxylic acids is 1. The second-order valence-corrected chi connectivity index (χ2v) is 4.44. The maximum Gasteiger partial charge on any atom is 0.334 e. The van der Waals surface area contributed by atoms with Crippen molar-refractivity contribution in [2.24, 2.45) is 0 Å². The van der Waals surface area contributed by atoms with E-state index in [1.54, 1.807) is 6.07 Å². The van der Waals surface area contributed by atoms with Crippen molar-refractivity contribution in [3.63, 3.8) is 0 Å². The number of rotatable bonds is 6. The third kappa shape index (κ3) is 5.23. The number of halogens is 2. The average Bonchev–Trinajstić information content (AvgIpc) is 2.34. The molecule has 0 aliphatic carbocycles. The van der Waals surface area contributed by atoms with Gasteiger partial charge in [0.25, 0.3) is 5.91 Å². The zero-order valence-electron chi connectivity index (χ0n) is 9.60. The molecule has 0 aliphatic rings. The molecule has 0 bridgehead atoms. The molecule has 1 unspecified atom stereocenters. The zero-order valence-corrected chi connectivity index (χ0v) is 11.2. The molecular weight excluding hydrogens is 325 g/mol. The molecule has 0 saturated heterocycles. The Bertz CT molecular complexity index is 482. The van der Waals surface area contributed by atoms with E-state index in [4.69, 9.17) is 14.9 Å². The van der Waals surface area contributed by atoms with Crippen molar-refractivity contribution >= 4 is 27.8 Å². The van der Waals surface area contributed by atoms with Gasteiger partial charge in [0.15, 0.2) is 24.3 Å². The summed E-state index contributed by atoms with van der Waals surface area (Å²) >= 11 is 3.07. The minimum atomic E-state index is -1.69. The second-order valence-electron chi connectivity index (χ2n) is 3.52. The SMILES string of the molecule is O=C(COc1ccc(Br)cc1F)NCC(O)C(=O)O. The van der Waals surface area contributed by atoms with E-state index >= 15 is 0 Å². The number of ether oxygens (including phenoxy) is 1. The fourth-order valence-corrected chi connectivity index (χ4v) is 1.42. The number of carbonyl (C=O) groups is 2. The van der Waals surface area contributed by atoms with E-state index in [0.717, 1.165) is 0 Å². The minimum Gasteiger partial charge on any atom is -0.481 e. The van der Waals surface area contributed by atoms with Gasteiger partial charge in [-0.2, -0.15) is 0 Å². The molecule has 19 heavy (non-hydrogen) atoms. The van der Waals surface area contributed by atoms with E-state index in [9.17, 15) is 14.0 Å². The summed E-state index contributed by atoms with van der Waals surface area (Å²) in [6, 6.07) is 4.07. The van der Waals surface area contributed by atoms with Crippen molar-refractivity contribution in [2.45, 2.75) is 6.10 Å². The van der Waals surface area contributed by atoms with Crippen molar-refractivity contribution in [2.75, 3.05) is 13.2 Å². The predicted molar refractivity (Wildman–Crippen MR) is 66.2 cm³/mol. The molecule has 1 atom stereocenters. The fraction of sp³-hybridized carbons (Fsp3) is 0.273. The van der Waals surface area contributed by atoms with E-state index in [0.29, 0.717) is 4.47 Å².